The molecule has 0 aliphatic carbocycles. The van der Waals surface area contributed by atoms with Gasteiger partial charge in [-0.25, -0.2) is 4.98 Å². The molecular formula is C10H10FN3O. The minimum atomic E-state index is -0.840. The van der Waals surface area contributed by atoms with Crippen LogP contribution in [0.2, 0.25) is 0 Å². The first-order chi connectivity index (χ1) is 7.13. The second-order valence-corrected chi connectivity index (χ2v) is 3.26. The van der Waals surface area contributed by atoms with E-state index in [1.807, 2.05) is 6.92 Å². The Morgan fingerprint density at radius 2 is 2.20 bits per heavy atom. The monoisotopic (exact) mass is 207 g/mol. The van der Waals surface area contributed by atoms with E-state index >= 15 is 0 Å². The molecule has 2 rings (SSSR count). The zero-order chi connectivity index (χ0) is 11.0. The highest BCUT2D eigenvalue weighted by Gasteiger charge is 2.09. The lowest BCUT2D eigenvalue weighted by Gasteiger charge is -2.02. The van der Waals surface area contributed by atoms with Gasteiger partial charge in [0, 0.05) is 0 Å². The first kappa shape index (κ1) is 9.76. The van der Waals surface area contributed by atoms with E-state index < -0.39 is 11.4 Å². The lowest BCUT2D eigenvalue weighted by molar-refractivity contribution is 0.575. The predicted molar refractivity (Wildman–Crippen MR) is 53.3 cm³/mol. The zero-order valence-electron chi connectivity index (χ0n) is 8.49. The van der Waals surface area contributed by atoms with Crippen molar-refractivity contribution in [3.63, 3.8) is 0 Å². The minimum absolute atomic E-state index is 0.103. The van der Waals surface area contributed by atoms with Crippen molar-refractivity contribution in [3.8, 4) is 0 Å². The lowest BCUT2D eigenvalue weighted by Crippen LogP contribution is -2.23. The van der Waals surface area contributed by atoms with Gasteiger partial charge in [-0.2, -0.15) is 14.0 Å². The van der Waals surface area contributed by atoms with Gasteiger partial charge in [0.05, 0.1) is 11.4 Å². The van der Waals surface area contributed by atoms with Crippen molar-refractivity contribution >= 4 is 5.65 Å². The second kappa shape index (κ2) is 3.42. The fraction of sp³-hybridized carbons (Fsp3) is 0.300. The van der Waals surface area contributed by atoms with Gasteiger partial charge in [-0.3, -0.25) is 4.79 Å². The number of hydrogen-bond donors (Lipinski definition) is 0. The molecule has 4 nitrogen and oxygen atoms in total. The summed E-state index contributed by atoms with van der Waals surface area (Å²) in [5.41, 5.74) is 0.463. The molecule has 0 spiro atoms. The van der Waals surface area contributed by atoms with E-state index in [-0.39, 0.29) is 5.69 Å². The van der Waals surface area contributed by atoms with Crippen LogP contribution < -0.4 is 5.56 Å². The van der Waals surface area contributed by atoms with Crippen LogP contribution in [0.15, 0.2) is 16.9 Å². The molecule has 0 aliphatic rings. The highest BCUT2D eigenvalue weighted by atomic mass is 19.1. The van der Waals surface area contributed by atoms with E-state index in [0.717, 1.165) is 10.2 Å². The maximum atomic E-state index is 13.3. The minimum Gasteiger partial charge on any atom is -0.264 e. The van der Waals surface area contributed by atoms with Gasteiger partial charge in [-0.05, 0) is 25.5 Å². The molecule has 0 bridgehead atoms. The van der Waals surface area contributed by atoms with Gasteiger partial charge in [0.1, 0.15) is 0 Å². The molecule has 0 unspecified atom stereocenters. The summed E-state index contributed by atoms with van der Waals surface area (Å²) < 4.78 is 14.3. The van der Waals surface area contributed by atoms with Gasteiger partial charge in [-0.1, -0.05) is 6.92 Å². The third-order valence-corrected chi connectivity index (χ3v) is 2.21. The van der Waals surface area contributed by atoms with Crippen LogP contribution in [0.25, 0.3) is 5.65 Å². The normalized spacial score (nSPS) is 10.9. The van der Waals surface area contributed by atoms with E-state index in [1.165, 1.54) is 6.92 Å². The zero-order valence-corrected chi connectivity index (χ0v) is 8.49. The Morgan fingerprint density at radius 3 is 2.87 bits per heavy atom. The molecule has 2 aromatic heterocycles. The summed E-state index contributed by atoms with van der Waals surface area (Å²) in [4.78, 5) is 15.4. The maximum absolute atomic E-state index is 13.3. The van der Waals surface area contributed by atoms with Crippen LogP contribution in [0.4, 0.5) is 4.39 Å². The van der Waals surface area contributed by atoms with E-state index in [4.69, 9.17) is 0 Å². The predicted octanol–water partition coefficient (Wildman–Crippen LogP) is 1.10. The van der Waals surface area contributed by atoms with E-state index in [2.05, 4.69) is 10.1 Å². The molecule has 0 N–H and O–H groups in total. The van der Waals surface area contributed by atoms with Crippen molar-refractivity contribution in [1.29, 1.82) is 0 Å². The van der Waals surface area contributed by atoms with Crippen LogP contribution in [-0.4, -0.2) is 14.6 Å². The number of aromatic nitrogens is 3. The summed E-state index contributed by atoms with van der Waals surface area (Å²) >= 11 is 0. The van der Waals surface area contributed by atoms with E-state index in [9.17, 15) is 9.18 Å². The molecule has 0 aliphatic heterocycles. The quantitative estimate of drug-likeness (QED) is 0.703. The maximum Gasteiger partial charge on any atom is 0.310 e. The number of fused-ring (bicyclic) bond motifs is 1. The highest BCUT2D eigenvalue weighted by molar-refractivity contribution is 5.37. The molecule has 78 valence electrons. The molecule has 0 atom stereocenters. The number of halogens is 1. The Morgan fingerprint density at radius 1 is 1.47 bits per heavy atom. The molecule has 0 saturated carbocycles. The van der Waals surface area contributed by atoms with E-state index in [1.54, 1.807) is 12.1 Å². The van der Waals surface area contributed by atoms with Gasteiger partial charge in [0.15, 0.2) is 5.65 Å². The Kier molecular flexibility index (Phi) is 2.22. The van der Waals surface area contributed by atoms with Crippen molar-refractivity contribution in [2.45, 2.75) is 20.3 Å². The van der Waals surface area contributed by atoms with Crippen molar-refractivity contribution in [1.82, 2.24) is 14.6 Å². The standard InChI is InChI=1S/C10H10FN3O/c1-3-7-4-5-8-12-6(2)9(11)10(15)14(8)13-7/h4-5H,3H2,1-2H3. The first-order valence-corrected chi connectivity index (χ1v) is 4.68. The lowest BCUT2D eigenvalue weighted by atomic mass is 10.3. The molecule has 15 heavy (non-hydrogen) atoms. The topological polar surface area (TPSA) is 47.3 Å². The van der Waals surface area contributed by atoms with Crippen LogP contribution >= 0.6 is 0 Å². The summed E-state index contributed by atoms with van der Waals surface area (Å²) in [5.74, 6) is -0.840. The SMILES string of the molecule is CCc1ccc2nc(C)c(F)c(=O)n2n1. The Labute approximate surface area is 85.4 Å². The van der Waals surface area contributed by atoms with E-state index in [0.29, 0.717) is 12.1 Å². The van der Waals surface area contributed by atoms with Crippen molar-refractivity contribution in [2.75, 3.05) is 0 Å². The van der Waals surface area contributed by atoms with Gasteiger partial charge in [0.2, 0.25) is 5.82 Å². The van der Waals surface area contributed by atoms with Crippen molar-refractivity contribution in [2.24, 2.45) is 0 Å². The third-order valence-electron chi connectivity index (χ3n) is 2.21. The average molecular weight is 207 g/mol. The Hall–Kier alpha value is -1.78. The van der Waals surface area contributed by atoms with Crippen LogP contribution in [0.3, 0.4) is 0 Å². The summed E-state index contributed by atoms with van der Waals surface area (Å²) in [6, 6.07) is 3.44. The first-order valence-electron chi connectivity index (χ1n) is 4.68. The Balaban J connectivity index is 2.88. The third kappa shape index (κ3) is 1.49. The molecule has 0 fully saturated rings. The van der Waals surface area contributed by atoms with Gasteiger partial charge < -0.3 is 0 Å². The average Bonchev–Trinajstić information content (AvgIpc) is 2.26. The van der Waals surface area contributed by atoms with Crippen molar-refractivity contribution in [3.05, 3.63) is 39.7 Å². The van der Waals surface area contributed by atoms with Crippen LogP contribution in [0.5, 0.6) is 0 Å². The second-order valence-electron chi connectivity index (χ2n) is 3.26. The van der Waals surface area contributed by atoms with Crippen LogP contribution in [0, 0.1) is 12.7 Å². The molecule has 0 amide bonds. The van der Waals surface area contributed by atoms with Crippen LogP contribution in [0.1, 0.15) is 18.3 Å². The summed E-state index contributed by atoms with van der Waals surface area (Å²) in [6.45, 7) is 3.38. The molecular weight excluding hydrogens is 197 g/mol. The summed E-state index contributed by atoms with van der Waals surface area (Å²) in [5, 5.41) is 4.00. The molecule has 5 heteroatoms. The highest BCUT2D eigenvalue weighted by Crippen LogP contribution is 2.02. The largest absolute Gasteiger partial charge is 0.310 e. The molecule has 0 saturated heterocycles. The smallest absolute Gasteiger partial charge is 0.264 e. The number of rotatable bonds is 1. The fourth-order valence-electron chi connectivity index (χ4n) is 1.35. The fourth-order valence-corrected chi connectivity index (χ4v) is 1.35. The molecule has 0 radical (unpaired) electrons. The van der Waals surface area contributed by atoms with Crippen molar-refractivity contribution < 1.29 is 4.39 Å². The van der Waals surface area contributed by atoms with Gasteiger partial charge in [0.25, 0.3) is 0 Å². The molecule has 2 aromatic rings. The number of aryl methyl sites for hydroxylation is 2. The summed E-state index contributed by atoms with van der Waals surface area (Å²) in [7, 11) is 0. The number of nitrogens with zero attached hydrogens (tertiary/aromatic N) is 3. The Bertz CT molecular complexity index is 577. The van der Waals surface area contributed by atoms with Gasteiger partial charge >= 0.3 is 5.56 Å². The number of hydrogen-bond acceptors (Lipinski definition) is 3. The molecule has 2 heterocycles. The van der Waals surface area contributed by atoms with Gasteiger partial charge in [-0.15, -0.1) is 0 Å². The van der Waals surface area contributed by atoms with Crippen LogP contribution in [-0.2, 0) is 6.42 Å². The molecule has 0 aromatic carbocycles. The summed E-state index contributed by atoms with van der Waals surface area (Å²) in [6.07, 6.45) is 0.692.